The van der Waals surface area contributed by atoms with Crippen molar-refractivity contribution in [2.24, 2.45) is 0 Å². The quantitative estimate of drug-likeness (QED) is 0.772. The molecule has 1 aromatic heterocycles. The predicted molar refractivity (Wildman–Crippen MR) is 90.2 cm³/mol. The molecule has 9 heteroatoms. The lowest BCUT2D eigenvalue weighted by Gasteiger charge is -2.19. The molecule has 3 N–H and O–H groups in total. The van der Waals surface area contributed by atoms with E-state index in [1.807, 2.05) is 6.07 Å². The molecule has 0 bridgehead atoms. The molecule has 0 aliphatic heterocycles. The summed E-state index contributed by atoms with van der Waals surface area (Å²) in [6.07, 6.45) is 1.49. The first-order valence-electron chi connectivity index (χ1n) is 6.77. The molecule has 0 radical (unpaired) electrons. The normalized spacial score (nSPS) is 10.8. The average molecular weight is 366 g/mol. The largest absolute Gasteiger partial charge is 0.334 e. The summed E-state index contributed by atoms with van der Waals surface area (Å²) < 4.78 is 0. The molecule has 2 aromatic rings. The lowest BCUT2D eigenvalue weighted by molar-refractivity contribution is 0.0930. The highest BCUT2D eigenvalue weighted by atomic mass is 35.5. The fraction of sp³-hybridized carbons (Fsp3) is 0.200. The molecule has 1 heterocycles. The zero-order valence-corrected chi connectivity index (χ0v) is 14.3. The summed E-state index contributed by atoms with van der Waals surface area (Å²) >= 11 is 12.1. The van der Waals surface area contributed by atoms with E-state index in [2.05, 4.69) is 20.8 Å². The molecular formula is C15H13Cl2N5O2. The third-order valence-corrected chi connectivity index (χ3v) is 3.49. The van der Waals surface area contributed by atoms with Crippen LogP contribution in [0, 0.1) is 11.3 Å². The first kappa shape index (κ1) is 17.8. The predicted octanol–water partition coefficient (Wildman–Crippen LogP) is 3.00. The van der Waals surface area contributed by atoms with Gasteiger partial charge in [0.1, 0.15) is 11.2 Å². The zero-order chi connectivity index (χ0) is 17.9. The number of nitrogens with one attached hydrogen (secondary N) is 3. The number of aromatic nitrogens is 2. The van der Waals surface area contributed by atoms with Gasteiger partial charge in [-0.25, -0.2) is 0 Å². The molecule has 1 aromatic carbocycles. The number of nitrogens with zero attached hydrogens (tertiary/aromatic N) is 2. The van der Waals surface area contributed by atoms with Crippen molar-refractivity contribution in [1.29, 1.82) is 5.26 Å². The third kappa shape index (κ3) is 4.04. The van der Waals surface area contributed by atoms with Crippen molar-refractivity contribution in [1.82, 2.24) is 15.5 Å². The number of halogens is 2. The summed E-state index contributed by atoms with van der Waals surface area (Å²) in [5.74, 6) is -1.14. The summed E-state index contributed by atoms with van der Waals surface area (Å²) in [4.78, 5) is 24.6. The number of amides is 2. The number of hydrogen-bond acceptors (Lipinski definition) is 4. The van der Waals surface area contributed by atoms with Crippen LogP contribution in [0.1, 0.15) is 34.7 Å². The Bertz CT molecular complexity index is 825. The van der Waals surface area contributed by atoms with E-state index >= 15 is 0 Å². The van der Waals surface area contributed by atoms with E-state index in [0.29, 0.717) is 0 Å². The van der Waals surface area contributed by atoms with E-state index in [1.54, 1.807) is 13.8 Å². The molecule has 0 atom stereocenters. The van der Waals surface area contributed by atoms with Gasteiger partial charge in [0.2, 0.25) is 0 Å². The minimum atomic E-state index is -1.10. The van der Waals surface area contributed by atoms with Gasteiger partial charge < -0.3 is 10.6 Å². The smallest absolute Gasteiger partial charge is 0.276 e. The van der Waals surface area contributed by atoms with Crippen molar-refractivity contribution >= 4 is 40.7 Å². The van der Waals surface area contributed by atoms with Gasteiger partial charge in [0.15, 0.2) is 0 Å². The molecule has 7 nitrogen and oxygen atoms in total. The third-order valence-electron chi connectivity index (χ3n) is 2.98. The highest BCUT2D eigenvalue weighted by Crippen LogP contribution is 2.31. The molecule has 0 unspecified atom stereocenters. The number of anilines is 1. The molecule has 24 heavy (non-hydrogen) atoms. The van der Waals surface area contributed by atoms with Crippen LogP contribution in [0.4, 0.5) is 5.69 Å². The second kappa shape index (κ2) is 6.91. The molecule has 2 amide bonds. The van der Waals surface area contributed by atoms with Crippen molar-refractivity contribution in [2.45, 2.75) is 19.4 Å². The molecule has 0 spiro atoms. The highest BCUT2D eigenvalue weighted by Gasteiger charge is 2.24. The number of rotatable bonds is 4. The fourth-order valence-corrected chi connectivity index (χ4v) is 2.36. The van der Waals surface area contributed by atoms with E-state index in [-0.39, 0.29) is 27.0 Å². The van der Waals surface area contributed by atoms with Crippen LogP contribution in [0.3, 0.4) is 0 Å². The van der Waals surface area contributed by atoms with Crippen LogP contribution < -0.4 is 10.6 Å². The number of carbonyl (C=O) groups is 2. The fourth-order valence-electron chi connectivity index (χ4n) is 1.82. The molecule has 0 saturated carbocycles. The van der Waals surface area contributed by atoms with Crippen molar-refractivity contribution in [3.05, 3.63) is 45.7 Å². The van der Waals surface area contributed by atoms with Crippen LogP contribution in [0.15, 0.2) is 24.4 Å². The van der Waals surface area contributed by atoms with Crippen LogP contribution >= 0.6 is 23.2 Å². The Morgan fingerprint density at radius 2 is 2.00 bits per heavy atom. The van der Waals surface area contributed by atoms with E-state index in [0.717, 1.165) is 0 Å². The Morgan fingerprint density at radius 1 is 1.29 bits per heavy atom. The van der Waals surface area contributed by atoms with Crippen LogP contribution in [-0.4, -0.2) is 27.6 Å². The van der Waals surface area contributed by atoms with E-state index in [1.165, 1.54) is 24.4 Å². The first-order valence-corrected chi connectivity index (χ1v) is 7.53. The number of aromatic amines is 1. The second-order valence-electron chi connectivity index (χ2n) is 5.41. The Hall–Kier alpha value is -2.56. The van der Waals surface area contributed by atoms with E-state index < -0.39 is 17.4 Å². The SMILES string of the molecule is CC(C)(C#N)NC(=O)c1cc(Cl)cc(Cl)c1NC(=O)c1cc[nH]n1. The van der Waals surface area contributed by atoms with Crippen molar-refractivity contribution in [3.63, 3.8) is 0 Å². The molecule has 124 valence electrons. The van der Waals surface area contributed by atoms with Gasteiger partial charge in [-0.05, 0) is 32.0 Å². The maximum Gasteiger partial charge on any atom is 0.276 e. The maximum absolute atomic E-state index is 12.5. The first-order chi connectivity index (χ1) is 11.2. The maximum atomic E-state index is 12.5. The zero-order valence-electron chi connectivity index (χ0n) is 12.8. The summed E-state index contributed by atoms with van der Waals surface area (Å²) in [6.45, 7) is 3.08. The van der Waals surface area contributed by atoms with Crippen LogP contribution in [-0.2, 0) is 0 Å². The Kier molecular flexibility index (Phi) is 5.12. The minimum Gasteiger partial charge on any atom is -0.334 e. The number of nitriles is 1. The number of hydrogen-bond donors (Lipinski definition) is 3. The second-order valence-corrected chi connectivity index (χ2v) is 6.26. The van der Waals surface area contributed by atoms with E-state index in [4.69, 9.17) is 28.5 Å². The molecule has 0 fully saturated rings. The number of carbonyl (C=O) groups excluding carboxylic acids is 2. The van der Waals surface area contributed by atoms with Gasteiger partial charge in [0.25, 0.3) is 11.8 Å². The van der Waals surface area contributed by atoms with Crippen LogP contribution in [0.25, 0.3) is 0 Å². The Morgan fingerprint density at radius 3 is 2.58 bits per heavy atom. The Balaban J connectivity index is 2.39. The minimum absolute atomic E-state index is 0.0414. The van der Waals surface area contributed by atoms with Gasteiger partial charge in [-0.3, -0.25) is 14.7 Å². The molecule has 0 aliphatic carbocycles. The van der Waals surface area contributed by atoms with Gasteiger partial charge in [-0.15, -0.1) is 0 Å². The van der Waals surface area contributed by atoms with Crippen molar-refractivity contribution in [2.75, 3.05) is 5.32 Å². The number of H-pyrrole nitrogens is 1. The van der Waals surface area contributed by atoms with Crippen LogP contribution in [0.2, 0.25) is 10.0 Å². The average Bonchev–Trinajstić information content (AvgIpc) is 3.03. The van der Waals surface area contributed by atoms with Gasteiger partial charge in [0, 0.05) is 11.2 Å². The van der Waals surface area contributed by atoms with Crippen molar-refractivity contribution < 1.29 is 9.59 Å². The van der Waals surface area contributed by atoms with E-state index in [9.17, 15) is 9.59 Å². The van der Waals surface area contributed by atoms with Crippen LogP contribution in [0.5, 0.6) is 0 Å². The monoisotopic (exact) mass is 365 g/mol. The van der Waals surface area contributed by atoms with Gasteiger partial charge in [-0.1, -0.05) is 23.2 Å². The molecule has 0 aliphatic rings. The van der Waals surface area contributed by atoms with Gasteiger partial charge in [0.05, 0.1) is 22.3 Å². The highest BCUT2D eigenvalue weighted by molar-refractivity contribution is 6.38. The molecular weight excluding hydrogens is 353 g/mol. The Labute approximate surface area is 147 Å². The molecule has 2 rings (SSSR count). The lowest BCUT2D eigenvalue weighted by atomic mass is 10.1. The number of benzene rings is 1. The summed E-state index contributed by atoms with van der Waals surface area (Å²) in [7, 11) is 0. The van der Waals surface area contributed by atoms with Crippen molar-refractivity contribution in [3.8, 4) is 6.07 Å². The van der Waals surface area contributed by atoms with Gasteiger partial charge >= 0.3 is 0 Å². The van der Waals surface area contributed by atoms with Gasteiger partial charge in [-0.2, -0.15) is 10.4 Å². The lowest BCUT2D eigenvalue weighted by Crippen LogP contribution is -2.42. The summed E-state index contributed by atoms with van der Waals surface area (Å²) in [5, 5.41) is 20.7. The topological polar surface area (TPSA) is 111 Å². The standard InChI is InChI=1S/C15H13Cl2N5O2/c1-15(2,7-18)21-13(23)9-5-8(16)6-10(17)12(9)20-14(24)11-3-4-19-22-11/h3-6H,1-2H3,(H,19,22)(H,20,24)(H,21,23). The molecule has 0 saturated heterocycles. The summed E-state index contributed by atoms with van der Waals surface area (Å²) in [6, 6.07) is 6.18. The summed E-state index contributed by atoms with van der Waals surface area (Å²) in [5.41, 5.74) is -0.847.